The number of anilines is 1. The van der Waals surface area contributed by atoms with Gasteiger partial charge in [0.15, 0.2) is 5.82 Å². The molecule has 0 amide bonds. The van der Waals surface area contributed by atoms with Crippen LogP contribution in [0.2, 0.25) is 0 Å². The van der Waals surface area contributed by atoms with E-state index in [1.165, 1.54) is 12.8 Å². The molecule has 1 aliphatic rings. The third-order valence-corrected chi connectivity index (χ3v) is 3.96. The first-order chi connectivity index (χ1) is 11.9. The minimum atomic E-state index is 0.376. The van der Waals surface area contributed by atoms with E-state index in [9.17, 15) is 0 Å². The van der Waals surface area contributed by atoms with Gasteiger partial charge in [-0.3, -0.25) is 5.10 Å². The number of aromatic nitrogens is 5. The van der Waals surface area contributed by atoms with Crippen molar-refractivity contribution in [2.24, 2.45) is 0 Å². The van der Waals surface area contributed by atoms with Crippen LogP contribution in [0.4, 0.5) is 5.82 Å². The average molecular weight is 322 g/mol. The Morgan fingerprint density at radius 3 is 2.79 bits per heavy atom. The second-order valence-corrected chi connectivity index (χ2v) is 5.66. The first-order valence-corrected chi connectivity index (χ1v) is 8.05. The van der Waals surface area contributed by atoms with Crippen molar-refractivity contribution in [1.29, 1.82) is 0 Å². The molecule has 0 saturated carbocycles. The molecule has 24 heavy (non-hydrogen) atoms. The van der Waals surface area contributed by atoms with Gasteiger partial charge < -0.3 is 9.64 Å². The van der Waals surface area contributed by atoms with Crippen molar-refractivity contribution < 1.29 is 4.74 Å². The Bertz CT molecular complexity index is 798. The van der Waals surface area contributed by atoms with Crippen molar-refractivity contribution in [2.45, 2.75) is 19.4 Å². The molecule has 1 aliphatic heterocycles. The van der Waals surface area contributed by atoms with E-state index in [1.54, 1.807) is 18.5 Å². The Morgan fingerprint density at radius 2 is 1.96 bits per heavy atom. The summed E-state index contributed by atoms with van der Waals surface area (Å²) in [5.74, 6) is 2.10. The lowest BCUT2D eigenvalue weighted by Gasteiger charge is -2.16. The summed E-state index contributed by atoms with van der Waals surface area (Å²) in [6.07, 6.45) is 5.81. The van der Waals surface area contributed by atoms with Gasteiger partial charge in [-0.2, -0.15) is 10.1 Å². The Morgan fingerprint density at radius 1 is 1.04 bits per heavy atom. The molecular weight excluding hydrogens is 304 g/mol. The van der Waals surface area contributed by atoms with E-state index in [2.05, 4.69) is 36.1 Å². The number of H-pyrrole nitrogens is 1. The van der Waals surface area contributed by atoms with Gasteiger partial charge in [-0.05, 0) is 31.0 Å². The summed E-state index contributed by atoms with van der Waals surface area (Å²) in [4.78, 5) is 15.6. The molecule has 0 radical (unpaired) electrons. The molecule has 7 heteroatoms. The predicted molar refractivity (Wildman–Crippen MR) is 89.6 cm³/mol. The van der Waals surface area contributed by atoms with Crippen molar-refractivity contribution in [3.8, 4) is 17.4 Å². The quantitative estimate of drug-likeness (QED) is 0.777. The van der Waals surface area contributed by atoms with Crippen LogP contribution in [0.3, 0.4) is 0 Å². The first kappa shape index (κ1) is 14.6. The monoisotopic (exact) mass is 322 g/mol. The maximum Gasteiger partial charge on any atom is 0.217 e. The molecule has 0 aromatic carbocycles. The lowest BCUT2D eigenvalue weighted by molar-refractivity contribution is 0.289. The summed E-state index contributed by atoms with van der Waals surface area (Å²) in [5, 5.41) is 6.75. The summed E-state index contributed by atoms with van der Waals surface area (Å²) in [7, 11) is 0. The van der Waals surface area contributed by atoms with Gasteiger partial charge in [0, 0.05) is 31.5 Å². The van der Waals surface area contributed by atoms with Crippen LogP contribution >= 0.6 is 0 Å². The van der Waals surface area contributed by atoms with Crippen LogP contribution in [0, 0.1) is 0 Å². The van der Waals surface area contributed by atoms with E-state index >= 15 is 0 Å². The number of nitrogens with one attached hydrogen (secondary N) is 1. The van der Waals surface area contributed by atoms with Gasteiger partial charge in [0.1, 0.15) is 18.1 Å². The highest BCUT2D eigenvalue weighted by molar-refractivity contribution is 5.48. The zero-order valence-corrected chi connectivity index (χ0v) is 13.2. The fourth-order valence-electron chi connectivity index (χ4n) is 2.75. The van der Waals surface area contributed by atoms with Crippen molar-refractivity contribution >= 4 is 5.82 Å². The van der Waals surface area contributed by atoms with E-state index in [0.29, 0.717) is 18.3 Å². The summed E-state index contributed by atoms with van der Waals surface area (Å²) in [6, 6.07) is 9.60. The minimum absolute atomic E-state index is 0.376. The topological polar surface area (TPSA) is 79.8 Å². The van der Waals surface area contributed by atoms with Crippen LogP contribution < -0.4 is 9.64 Å². The lowest BCUT2D eigenvalue weighted by Crippen LogP contribution is -2.19. The Balaban J connectivity index is 1.45. The number of aromatic amines is 1. The second-order valence-electron chi connectivity index (χ2n) is 5.66. The number of hydrogen-bond acceptors (Lipinski definition) is 6. The third-order valence-electron chi connectivity index (χ3n) is 3.96. The van der Waals surface area contributed by atoms with Crippen LogP contribution in [0.15, 0.2) is 42.7 Å². The smallest absolute Gasteiger partial charge is 0.217 e. The summed E-state index contributed by atoms with van der Waals surface area (Å²) in [6.45, 7) is 2.54. The highest BCUT2D eigenvalue weighted by Crippen LogP contribution is 2.19. The highest BCUT2D eigenvalue weighted by Gasteiger charge is 2.13. The SMILES string of the molecule is c1cc(COc2ccnc(-c3ccn[nH]3)n2)nc(N2CCCC2)c1. The van der Waals surface area contributed by atoms with E-state index in [1.807, 2.05) is 18.2 Å². The standard InChI is InChI=1S/C17H18N6O/c1-2-11-23(10-1)15-5-3-4-13(20-15)12-24-16-7-8-18-17(21-16)14-6-9-19-22-14/h3-9H,1-2,10-12H2,(H,19,22). The zero-order chi connectivity index (χ0) is 16.2. The molecule has 0 bridgehead atoms. The van der Waals surface area contributed by atoms with Crippen LogP contribution in [0.25, 0.3) is 11.5 Å². The van der Waals surface area contributed by atoms with E-state index in [4.69, 9.17) is 4.74 Å². The molecule has 0 atom stereocenters. The Kier molecular flexibility index (Phi) is 4.05. The molecule has 7 nitrogen and oxygen atoms in total. The Hall–Kier alpha value is -2.96. The van der Waals surface area contributed by atoms with Gasteiger partial charge in [0.05, 0.1) is 5.69 Å². The molecule has 3 aromatic rings. The molecule has 0 spiro atoms. The molecule has 1 fully saturated rings. The van der Waals surface area contributed by atoms with Crippen molar-refractivity contribution in [3.05, 3.63) is 48.4 Å². The molecular formula is C17H18N6O. The third kappa shape index (κ3) is 3.19. The van der Waals surface area contributed by atoms with Crippen LogP contribution in [0.1, 0.15) is 18.5 Å². The van der Waals surface area contributed by atoms with Gasteiger partial charge in [0.2, 0.25) is 5.88 Å². The maximum absolute atomic E-state index is 5.78. The van der Waals surface area contributed by atoms with Crippen molar-refractivity contribution in [1.82, 2.24) is 25.1 Å². The normalized spacial score (nSPS) is 14.1. The number of ether oxygens (including phenoxy) is 1. The molecule has 122 valence electrons. The summed E-state index contributed by atoms with van der Waals surface area (Å²) < 4.78 is 5.78. The second kappa shape index (κ2) is 6.66. The summed E-state index contributed by atoms with van der Waals surface area (Å²) in [5.41, 5.74) is 1.65. The fourth-order valence-corrected chi connectivity index (χ4v) is 2.75. The van der Waals surface area contributed by atoms with E-state index < -0.39 is 0 Å². The van der Waals surface area contributed by atoms with Gasteiger partial charge in [-0.25, -0.2) is 9.97 Å². The molecule has 0 unspecified atom stereocenters. The van der Waals surface area contributed by atoms with Crippen molar-refractivity contribution in [3.63, 3.8) is 0 Å². The average Bonchev–Trinajstić information content (AvgIpc) is 3.34. The minimum Gasteiger partial charge on any atom is -0.471 e. The van der Waals surface area contributed by atoms with Gasteiger partial charge >= 0.3 is 0 Å². The zero-order valence-electron chi connectivity index (χ0n) is 13.2. The molecule has 4 heterocycles. The molecule has 1 saturated heterocycles. The largest absolute Gasteiger partial charge is 0.471 e. The first-order valence-electron chi connectivity index (χ1n) is 8.05. The molecule has 3 aromatic heterocycles. The maximum atomic E-state index is 5.78. The number of pyridine rings is 1. The molecule has 4 rings (SSSR count). The number of rotatable bonds is 5. The summed E-state index contributed by atoms with van der Waals surface area (Å²) >= 11 is 0. The lowest BCUT2D eigenvalue weighted by atomic mass is 10.3. The molecule has 1 N–H and O–H groups in total. The van der Waals surface area contributed by atoms with Gasteiger partial charge in [-0.1, -0.05) is 6.07 Å². The van der Waals surface area contributed by atoms with E-state index in [-0.39, 0.29) is 0 Å². The number of hydrogen-bond donors (Lipinski definition) is 1. The van der Waals surface area contributed by atoms with Crippen molar-refractivity contribution in [2.75, 3.05) is 18.0 Å². The van der Waals surface area contributed by atoms with Crippen LogP contribution in [0.5, 0.6) is 5.88 Å². The predicted octanol–water partition coefficient (Wildman–Crippen LogP) is 2.44. The van der Waals surface area contributed by atoms with Gasteiger partial charge in [-0.15, -0.1) is 0 Å². The van der Waals surface area contributed by atoms with E-state index in [0.717, 1.165) is 30.3 Å². The number of nitrogens with zero attached hydrogens (tertiary/aromatic N) is 5. The van der Waals surface area contributed by atoms with Crippen LogP contribution in [-0.2, 0) is 6.61 Å². The molecule has 0 aliphatic carbocycles. The van der Waals surface area contributed by atoms with Crippen LogP contribution in [-0.4, -0.2) is 38.2 Å². The fraction of sp³-hybridized carbons (Fsp3) is 0.294. The highest BCUT2D eigenvalue weighted by atomic mass is 16.5. The Labute approximate surface area is 139 Å². The van der Waals surface area contributed by atoms with Gasteiger partial charge in [0.25, 0.3) is 0 Å².